The first kappa shape index (κ1) is 10.7. The zero-order valence-corrected chi connectivity index (χ0v) is 9.74. The molecule has 2 rings (SSSR count). The molecule has 0 N–H and O–H groups in total. The highest BCUT2D eigenvalue weighted by molar-refractivity contribution is 5.73. The summed E-state index contributed by atoms with van der Waals surface area (Å²) < 4.78 is 5.67. The van der Waals surface area contributed by atoms with Gasteiger partial charge in [0.05, 0.1) is 12.5 Å². The number of oxazole rings is 1. The molecule has 0 aliphatic heterocycles. The Morgan fingerprint density at radius 2 is 2.12 bits per heavy atom. The van der Waals surface area contributed by atoms with Gasteiger partial charge < -0.3 is 4.42 Å². The van der Waals surface area contributed by atoms with Crippen molar-refractivity contribution in [1.29, 1.82) is 5.26 Å². The van der Waals surface area contributed by atoms with Crippen molar-refractivity contribution < 1.29 is 4.42 Å². The van der Waals surface area contributed by atoms with Crippen molar-refractivity contribution in [2.45, 2.75) is 32.6 Å². The molecule has 2 aromatic rings. The fraction of sp³-hybridized carbons (Fsp3) is 0.385. The number of nitriles is 1. The molecule has 0 amide bonds. The zero-order chi connectivity index (χ0) is 11.8. The van der Waals surface area contributed by atoms with E-state index in [1.807, 2.05) is 18.2 Å². The normalized spacial score (nSPS) is 11.6. The molecule has 0 bridgehead atoms. The Bertz CT molecular complexity index is 555. The van der Waals surface area contributed by atoms with Crippen molar-refractivity contribution in [3.05, 3.63) is 29.7 Å². The minimum Gasteiger partial charge on any atom is -0.440 e. The first-order valence-electron chi connectivity index (χ1n) is 5.27. The molecular formula is C13H14N2O. The van der Waals surface area contributed by atoms with E-state index in [0.717, 1.165) is 22.6 Å². The Labute approximate surface area is 94.7 Å². The second-order valence-corrected chi connectivity index (χ2v) is 4.91. The van der Waals surface area contributed by atoms with E-state index in [0.29, 0.717) is 6.42 Å². The number of aromatic nitrogens is 1. The second-order valence-electron chi connectivity index (χ2n) is 4.91. The lowest BCUT2D eigenvalue weighted by atomic mass is 9.97. The summed E-state index contributed by atoms with van der Waals surface area (Å²) in [6, 6.07) is 7.83. The number of hydrogen-bond donors (Lipinski definition) is 0. The largest absolute Gasteiger partial charge is 0.440 e. The van der Waals surface area contributed by atoms with Gasteiger partial charge in [0.15, 0.2) is 5.58 Å². The minimum absolute atomic E-state index is 0.0889. The van der Waals surface area contributed by atoms with Crippen LogP contribution in [-0.2, 0) is 11.8 Å². The van der Waals surface area contributed by atoms with E-state index >= 15 is 0 Å². The van der Waals surface area contributed by atoms with Gasteiger partial charge >= 0.3 is 0 Å². The highest BCUT2D eigenvalue weighted by Gasteiger charge is 2.20. The predicted octanol–water partition coefficient (Wildman–Crippen LogP) is 3.19. The van der Waals surface area contributed by atoms with Crippen LogP contribution in [0.5, 0.6) is 0 Å². The average Bonchev–Trinajstić information content (AvgIpc) is 2.60. The van der Waals surface area contributed by atoms with Crippen molar-refractivity contribution in [3.63, 3.8) is 0 Å². The summed E-state index contributed by atoms with van der Waals surface area (Å²) in [6.45, 7) is 6.19. The summed E-state index contributed by atoms with van der Waals surface area (Å²) in [7, 11) is 0. The van der Waals surface area contributed by atoms with Crippen LogP contribution in [0.1, 0.15) is 32.2 Å². The van der Waals surface area contributed by atoms with Crippen LogP contribution in [0.25, 0.3) is 11.1 Å². The molecule has 0 unspecified atom stereocenters. The van der Waals surface area contributed by atoms with Gasteiger partial charge in [-0.25, -0.2) is 4.98 Å². The monoisotopic (exact) mass is 214 g/mol. The lowest BCUT2D eigenvalue weighted by Crippen LogP contribution is -2.10. The van der Waals surface area contributed by atoms with Gasteiger partial charge in [-0.15, -0.1) is 0 Å². The third-order valence-electron chi connectivity index (χ3n) is 2.38. The Hall–Kier alpha value is -1.82. The first-order chi connectivity index (χ1) is 7.50. The highest BCUT2D eigenvalue weighted by Crippen LogP contribution is 2.26. The van der Waals surface area contributed by atoms with Crippen molar-refractivity contribution in [1.82, 2.24) is 4.98 Å². The van der Waals surface area contributed by atoms with Crippen LogP contribution in [0.3, 0.4) is 0 Å². The van der Waals surface area contributed by atoms with E-state index in [1.54, 1.807) is 0 Å². The van der Waals surface area contributed by atoms with E-state index in [4.69, 9.17) is 9.68 Å². The van der Waals surface area contributed by atoms with Crippen LogP contribution in [-0.4, -0.2) is 4.98 Å². The van der Waals surface area contributed by atoms with E-state index in [9.17, 15) is 0 Å². The summed E-state index contributed by atoms with van der Waals surface area (Å²) in [5.74, 6) is 0.733. The maximum atomic E-state index is 8.63. The van der Waals surface area contributed by atoms with Gasteiger partial charge in [0.1, 0.15) is 5.52 Å². The molecule has 1 aromatic carbocycles. The standard InChI is InChI=1S/C13H14N2O/c1-13(2,3)12-15-10-8-9(6-7-14)4-5-11(10)16-12/h4-5,8H,6H2,1-3H3. The predicted molar refractivity (Wildman–Crippen MR) is 62.0 cm³/mol. The molecule has 82 valence electrons. The van der Waals surface area contributed by atoms with Crippen LogP contribution >= 0.6 is 0 Å². The van der Waals surface area contributed by atoms with Crippen LogP contribution in [0.15, 0.2) is 22.6 Å². The molecule has 0 saturated heterocycles. The number of fused-ring (bicyclic) bond motifs is 1. The van der Waals surface area contributed by atoms with E-state index in [2.05, 4.69) is 31.8 Å². The highest BCUT2D eigenvalue weighted by atomic mass is 16.3. The summed E-state index contributed by atoms with van der Waals surface area (Å²) in [5, 5.41) is 8.63. The quantitative estimate of drug-likeness (QED) is 0.732. The van der Waals surface area contributed by atoms with Crippen molar-refractivity contribution >= 4 is 11.1 Å². The van der Waals surface area contributed by atoms with Crippen LogP contribution < -0.4 is 0 Å². The molecule has 0 aliphatic carbocycles. The summed E-state index contributed by atoms with van der Waals surface area (Å²) in [4.78, 5) is 4.45. The number of rotatable bonds is 1. The topological polar surface area (TPSA) is 49.8 Å². The molecule has 16 heavy (non-hydrogen) atoms. The SMILES string of the molecule is CC(C)(C)c1nc2cc(CC#N)ccc2o1. The number of hydrogen-bond acceptors (Lipinski definition) is 3. The summed E-state index contributed by atoms with van der Waals surface area (Å²) in [6.07, 6.45) is 0.410. The first-order valence-corrected chi connectivity index (χ1v) is 5.27. The fourth-order valence-electron chi connectivity index (χ4n) is 1.50. The third kappa shape index (κ3) is 1.92. The minimum atomic E-state index is -0.0889. The molecule has 0 spiro atoms. The average molecular weight is 214 g/mol. The lowest BCUT2D eigenvalue weighted by Gasteiger charge is -2.11. The molecule has 0 aliphatic rings. The van der Waals surface area contributed by atoms with Crippen LogP contribution in [0.2, 0.25) is 0 Å². The van der Waals surface area contributed by atoms with Gasteiger partial charge in [0.2, 0.25) is 5.89 Å². The van der Waals surface area contributed by atoms with Gasteiger partial charge in [-0.2, -0.15) is 5.26 Å². The van der Waals surface area contributed by atoms with E-state index < -0.39 is 0 Å². The van der Waals surface area contributed by atoms with Crippen molar-refractivity contribution in [2.75, 3.05) is 0 Å². The Morgan fingerprint density at radius 1 is 1.38 bits per heavy atom. The zero-order valence-electron chi connectivity index (χ0n) is 9.74. The van der Waals surface area contributed by atoms with Crippen molar-refractivity contribution in [2.24, 2.45) is 0 Å². The third-order valence-corrected chi connectivity index (χ3v) is 2.38. The van der Waals surface area contributed by atoms with Gasteiger partial charge in [0.25, 0.3) is 0 Å². The number of benzene rings is 1. The molecular weight excluding hydrogens is 200 g/mol. The number of nitrogens with zero attached hydrogens (tertiary/aromatic N) is 2. The molecule has 0 atom stereocenters. The molecule has 0 fully saturated rings. The van der Waals surface area contributed by atoms with Gasteiger partial charge in [-0.1, -0.05) is 26.8 Å². The van der Waals surface area contributed by atoms with Crippen molar-refractivity contribution in [3.8, 4) is 6.07 Å². The van der Waals surface area contributed by atoms with Crippen LogP contribution in [0, 0.1) is 11.3 Å². The smallest absolute Gasteiger partial charge is 0.200 e. The van der Waals surface area contributed by atoms with Crippen LogP contribution in [0.4, 0.5) is 0 Å². The molecule has 0 radical (unpaired) electrons. The molecule has 3 heteroatoms. The lowest BCUT2D eigenvalue weighted by molar-refractivity contribution is 0.411. The summed E-state index contributed by atoms with van der Waals surface area (Å²) >= 11 is 0. The second kappa shape index (κ2) is 3.64. The maximum absolute atomic E-state index is 8.63. The maximum Gasteiger partial charge on any atom is 0.200 e. The van der Waals surface area contributed by atoms with E-state index in [-0.39, 0.29) is 5.41 Å². The molecule has 3 nitrogen and oxygen atoms in total. The van der Waals surface area contributed by atoms with Gasteiger partial charge in [-0.3, -0.25) is 0 Å². The van der Waals surface area contributed by atoms with Gasteiger partial charge in [0, 0.05) is 5.41 Å². The fourth-order valence-corrected chi connectivity index (χ4v) is 1.50. The Kier molecular flexibility index (Phi) is 2.43. The molecule has 1 heterocycles. The summed E-state index contributed by atoms with van der Waals surface area (Å²) in [5.41, 5.74) is 2.50. The molecule has 0 saturated carbocycles. The molecule has 1 aromatic heterocycles. The van der Waals surface area contributed by atoms with E-state index in [1.165, 1.54) is 0 Å². The van der Waals surface area contributed by atoms with Gasteiger partial charge in [-0.05, 0) is 17.7 Å². The Morgan fingerprint density at radius 3 is 2.75 bits per heavy atom. The Balaban J connectivity index is 2.51.